The van der Waals surface area contributed by atoms with E-state index < -0.39 is 34.8 Å². The first-order valence-electron chi connectivity index (χ1n) is 5.59. The maximum absolute atomic E-state index is 13.4. The Kier molecular flexibility index (Phi) is 3.86. The number of halogens is 5. The number of nitrogens with one attached hydrogen (secondary N) is 1. The number of anilines is 1. The van der Waals surface area contributed by atoms with Crippen LogP contribution in [-0.4, -0.2) is 14.8 Å². The summed E-state index contributed by atoms with van der Waals surface area (Å²) in [6.45, 7) is 2.05. The maximum Gasteiger partial charge on any atom is 0.200 e. The average Bonchev–Trinajstić information content (AvgIpc) is 2.90. The molecule has 2 aromatic rings. The molecule has 4 nitrogen and oxygen atoms in total. The van der Waals surface area contributed by atoms with Crippen molar-refractivity contribution >= 4 is 5.69 Å². The minimum Gasteiger partial charge on any atom is -0.373 e. The molecule has 2 rings (SSSR count). The fourth-order valence-electron chi connectivity index (χ4n) is 1.61. The molecule has 1 aromatic heterocycles. The SMILES string of the molecule is CCn1cnnc1CNc1c(F)c(F)c(F)c(F)c1F. The van der Waals surface area contributed by atoms with Crippen molar-refractivity contribution in [2.24, 2.45) is 0 Å². The minimum absolute atomic E-state index is 0.230. The average molecular weight is 292 g/mol. The summed E-state index contributed by atoms with van der Waals surface area (Å²) in [4.78, 5) is 0. The molecule has 0 aliphatic carbocycles. The van der Waals surface area contributed by atoms with E-state index in [-0.39, 0.29) is 6.54 Å². The number of benzene rings is 1. The Labute approximate surface area is 110 Å². The van der Waals surface area contributed by atoms with Gasteiger partial charge in [-0.25, -0.2) is 22.0 Å². The Bertz CT molecular complexity index is 611. The van der Waals surface area contributed by atoms with Gasteiger partial charge in [0.1, 0.15) is 12.0 Å². The molecule has 0 saturated heterocycles. The smallest absolute Gasteiger partial charge is 0.200 e. The third-order valence-corrected chi connectivity index (χ3v) is 2.67. The van der Waals surface area contributed by atoms with Gasteiger partial charge in [-0.1, -0.05) is 0 Å². The van der Waals surface area contributed by atoms with Crippen molar-refractivity contribution < 1.29 is 22.0 Å². The van der Waals surface area contributed by atoms with Crippen molar-refractivity contribution in [3.05, 3.63) is 41.2 Å². The topological polar surface area (TPSA) is 42.7 Å². The zero-order valence-corrected chi connectivity index (χ0v) is 10.2. The molecule has 0 bridgehead atoms. The van der Waals surface area contributed by atoms with Crippen LogP contribution in [0.1, 0.15) is 12.7 Å². The van der Waals surface area contributed by atoms with Gasteiger partial charge in [-0.2, -0.15) is 0 Å². The van der Waals surface area contributed by atoms with Crippen LogP contribution in [0.15, 0.2) is 6.33 Å². The summed E-state index contributed by atoms with van der Waals surface area (Å²) < 4.78 is 67.1. The fraction of sp³-hybridized carbons (Fsp3) is 0.273. The van der Waals surface area contributed by atoms with Crippen LogP contribution in [0.2, 0.25) is 0 Å². The standard InChI is InChI=1S/C11H9F5N4/c1-2-20-4-18-19-5(20)3-17-11-9(15)7(13)6(12)8(14)10(11)16/h4,17H,2-3H2,1H3. The van der Waals surface area contributed by atoms with Crippen LogP contribution in [0.25, 0.3) is 0 Å². The predicted molar refractivity (Wildman–Crippen MR) is 59.3 cm³/mol. The fourth-order valence-corrected chi connectivity index (χ4v) is 1.61. The summed E-state index contributed by atoms with van der Waals surface area (Å²) in [5.74, 6) is -9.71. The van der Waals surface area contributed by atoms with Gasteiger partial charge in [0, 0.05) is 6.54 Å². The van der Waals surface area contributed by atoms with E-state index in [2.05, 4.69) is 15.5 Å². The van der Waals surface area contributed by atoms with E-state index in [9.17, 15) is 22.0 Å². The van der Waals surface area contributed by atoms with Gasteiger partial charge in [-0.05, 0) is 6.92 Å². The lowest BCUT2D eigenvalue weighted by Gasteiger charge is -2.10. The third-order valence-electron chi connectivity index (χ3n) is 2.67. The predicted octanol–water partition coefficient (Wildman–Crippen LogP) is 2.61. The highest BCUT2D eigenvalue weighted by Crippen LogP contribution is 2.27. The lowest BCUT2D eigenvalue weighted by Crippen LogP contribution is -2.12. The van der Waals surface area contributed by atoms with Gasteiger partial charge in [-0.3, -0.25) is 0 Å². The molecule has 0 aliphatic heterocycles. The van der Waals surface area contributed by atoms with Gasteiger partial charge in [-0.15, -0.1) is 10.2 Å². The van der Waals surface area contributed by atoms with E-state index in [1.54, 1.807) is 11.5 Å². The van der Waals surface area contributed by atoms with Gasteiger partial charge in [0.15, 0.2) is 29.1 Å². The summed E-state index contributed by atoms with van der Waals surface area (Å²) in [5, 5.41) is 9.39. The van der Waals surface area contributed by atoms with E-state index in [0.29, 0.717) is 12.4 Å². The summed E-state index contributed by atoms with van der Waals surface area (Å²) in [5.41, 5.74) is -1.09. The van der Waals surface area contributed by atoms with Gasteiger partial charge < -0.3 is 9.88 Å². The lowest BCUT2D eigenvalue weighted by atomic mass is 10.2. The minimum atomic E-state index is -2.19. The van der Waals surface area contributed by atoms with E-state index in [1.165, 1.54) is 6.33 Å². The van der Waals surface area contributed by atoms with Gasteiger partial charge >= 0.3 is 0 Å². The zero-order chi connectivity index (χ0) is 14.9. The maximum atomic E-state index is 13.4. The van der Waals surface area contributed by atoms with Crippen LogP contribution in [0.4, 0.5) is 27.6 Å². The number of aromatic nitrogens is 3. The van der Waals surface area contributed by atoms with Crippen molar-refractivity contribution in [3.63, 3.8) is 0 Å². The first-order chi connectivity index (χ1) is 9.47. The molecular formula is C11H9F5N4. The molecule has 0 amide bonds. The lowest BCUT2D eigenvalue weighted by molar-refractivity contribution is 0.381. The van der Waals surface area contributed by atoms with Crippen molar-refractivity contribution in [2.45, 2.75) is 20.0 Å². The van der Waals surface area contributed by atoms with Crippen LogP contribution in [0.5, 0.6) is 0 Å². The molecule has 1 aromatic carbocycles. The van der Waals surface area contributed by atoms with Crippen LogP contribution < -0.4 is 5.32 Å². The molecule has 0 spiro atoms. The van der Waals surface area contributed by atoms with Crippen molar-refractivity contribution in [3.8, 4) is 0 Å². The summed E-state index contributed by atoms with van der Waals surface area (Å²) in [6, 6.07) is 0. The third kappa shape index (κ3) is 2.30. The van der Waals surface area contributed by atoms with Gasteiger partial charge in [0.2, 0.25) is 5.82 Å². The summed E-state index contributed by atoms with van der Waals surface area (Å²) in [7, 11) is 0. The number of aryl methyl sites for hydroxylation is 1. The molecule has 0 atom stereocenters. The van der Waals surface area contributed by atoms with Crippen LogP contribution in [0.3, 0.4) is 0 Å². The molecule has 108 valence electrons. The van der Waals surface area contributed by atoms with E-state index in [4.69, 9.17) is 0 Å². The monoisotopic (exact) mass is 292 g/mol. The Morgan fingerprint density at radius 3 is 2.10 bits per heavy atom. The molecule has 0 saturated carbocycles. The van der Waals surface area contributed by atoms with Crippen LogP contribution in [0, 0.1) is 29.1 Å². The summed E-state index contributed by atoms with van der Waals surface area (Å²) >= 11 is 0. The molecule has 0 radical (unpaired) electrons. The molecule has 20 heavy (non-hydrogen) atoms. The Morgan fingerprint density at radius 1 is 1.00 bits per heavy atom. The van der Waals surface area contributed by atoms with E-state index in [1.807, 2.05) is 0 Å². The summed E-state index contributed by atoms with van der Waals surface area (Å²) in [6.07, 6.45) is 1.38. The van der Waals surface area contributed by atoms with Crippen molar-refractivity contribution in [1.82, 2.24) is 14.8 Å². The zero-order valence-electron chi connectivity index (χ0n) is 10.2. The van der Waals surface area contributed by atoms with E-state index in [0.717, 1.165) is 0 Å². The number of hydrogen-bond acceptors (Lipinski definition) is 3. The second kappa shape index (κ2) is 5.43. The van der Waals surface area contributed by atoms with Gasteiger partial charge in [0.25, 0.3) is 0 Å². The second-order valence-electron chi connectivity index (χ2n) is 3.83. The molecule has 1 heterocycles. The molecule has 0 unspecified atom stereocenters. The van der Waals surface area contributed by atoms with Gasteiger partial charge in [0.05, 0.1) is 6.54 Å². The number of rotatable bonds is 4. The van der Waals surface area contributed by atoms with Crippen LogP contribution >= 0.6 is 0 Å². The van der Waals surface area contributed by atoms with Crippen LogP contribution in [-0.2, 0) is 13.1 Å². The molecule has 0 aliphatic rings. The highest BCUT2D eigenvalue weighted by molar-refractivity contribution is 5.47. The second-order valence-corrected chi connectivity index (χ2v) is 3.83. The Balaban J connectivity index is 2.31. The number of nitrogens with zero attached hydrogens (tertiary/aromatic N) is 3. The number of hydrogen-bond donors (Lipinski definition) is 1. The first-order valence-corrected chi connectivity index (χ1v) is 5.59. The highest BCUT2D eigenvalue weighted by Gasteiger charge is 2.25. The largest absolute Gasteiger partial charge is 0.373 e. The van der Waals surface area contributed by atoms with Crippen molar-refractivity contribution in [1.29, 1.82) is 0 Å². The first kappa shape index (κ1) is 14.2. The Morgan fingerprint density at radius 2 is 1.55 bits per heavy atom. The molecule has 0 fully saturated rings. The molecule has 9 heteroatoms. The normalized spacial score (nSPS) is 10.9. The van der Waals surface area contributed by atoms with E-state index >= 15 is 0 Å². The molecular weight excluding hydrogens is 283 g/mol. The quantitative estimate of drug-likeness (QED) is 0.535. The molecule has 1 N–H and O–H groups in total. The highest BCUT2D eigenvalue weighted by atomic mass is 19.2. The van der Waals surface area contributed by atoms with Crippen molar-refractivity contribution in [2.75, 3.05) is 5.32 Å². The Hall–Kier alpha value is -2.19.